The molecule has 3 nitrogen and oxygen atoms in total. The fraction of sp³-hybridized carbons (Fsp3) is 0.364. The quantitative estimate of drug-likeness (QED) is 0.742. The lowest BCUT2D eigenvalue weighted by molar-refractivity contribution is -0.144. The number of rotatable bonds is 4. The van der Waals surface area contributed by atoms with Crippen LogP contribution in [0.2, 0.25) is 0 Å². The predicted octanol–water partition coefficient (Wildman–Crippen LogP) is 1.91. The number of para-hydroxylation sites is 1. The fourth-order valence-electron chi connectivity index (χ4n) is 1.11. The average Bonchev–Trinajstić information content (AvgIpc) is 2.26. The Hall–Kier alpha value is -1.51. The Kier molecular flexibility index (Phi) is 3.98. The van der Waals surface area contributed by atoms with Crippen molar-refractivity contribution in [2.45, 2.75) is 6.92 Å². The lowest BCUT2D eigenvalue weighted by atomic mass is 10.2. The molecule has 0 aliphatic heterocycles. The zero-order valence-corrected chi connectivity index (χ0v) is 8.49. The van der Waals surface area contributed by atoms with Gasteiger partial charge in [0.1, 0.15) is 0 Å². The molecule has 0 saturated carbocycles. The number of hydrogen-bond acceptors (Lipinski definition) is 3. The van der Waals surface area contributed by atoms with Crippen LogP contribution in [0, 0.1) is 5.92 Å². The van der Waals surface area contributed by atoms with Gasteiger partial charge in [0.15, 0.2) is 0 Å². The van der Waals surface area contributed by atoms with Crippen molar-refractivity contribution >= 4 is 11.7 Å². The average molecular weight is 193 g/mol. The summed E-state index contributed by atoms with van der Waals surface area (Å²) in [4.78, 5) is 11.1. The van der Waals surface area contributed by atoms with Gasteiger partial charge in [0.05, 0.1) is 13.0 Å². The Morgan fingerprint density at radius 1 is 1.43 bits per heavy atom. The standard InChI is InChI=1S/C11H15NO2/c1-9(11(13)14-2)8-12-10-6-4-3-5-7-10/h3-7,9,12H,8H2,1-2H3. The lowest BCUT2D eigenvalue weighted by Crippen LogP contribution is -2.21. The molecule has 1 N–H and O–H groups in total. The molecule has 0 aliphatic rings. The van der Waals surface area contributed by atoms with Crippen LogP contribution in [0.1, 0.15) is 6.92 Å². The van der Waals surface area contributed by atoms with Crippen molar-refractivity contribution in [1.29, 1.82) is 0 Å². The maximum absolute atomic E-state index is 11.1. The first-order chi connectivity index (χ1) is 6.74. The number of benzene rings is 1. The molecule has 0 fully saturated rings. The maximum Gasteiger partial charge on any atom is 0.310 e. The van der Waals surface area contributed by atoms with Crippen LogP contribution in [0.15, 0.2) is 30.3 Å². The molecule has 1 aromatic carbocycles. The summed E-state index contributed by atoms with van der Waals surface area (Å²) in [7, 11) is 1.40. The van der Waals surface area contributed by atoms with Crippen LogP contribution in [0.5, 0.6) is 0 Å². The first kappa shape index (κ1) is 10.6. The second-order valence-electron chi connectivity index (χ2n) is 3.17. The summed E-state index contributed by atoms with van der Waals surface area (Å²) in [5, 5.41) is 3.16. The highest BCUT2D eigenvalue weighted by Crippen LogP contribution is 2.06. The summed E-state index contributed by atoms with van der Waals surface area (Å²) >= 11 is 0. The molecule has 0 heterocycles. The van der Waals surface area contributed by atoms with Crippen LogP contribution >= 0.6 is 0 Å². The summed E-state index contributed by atoms with van der Waals surface area (Å²) in [6.07, 6.45) is 0. The number of carbonyl (C=O) groups excluding carboxylic acids is 1. The first-order valence-corrected chi connectivity index (χ1v) is 4.61. The minimum atomic E-state index is -0.187. The van der Waals surface area contributed by atoms with E-state index in [2.05, 4.69) is 10.1 Å². The Bertz CT molecular complexity index is 285. The van der Waals surface area contributed by atoms with Crippen molar-refractivity contribution in [3.05, 3.63) is 30.3 Å². The van der Waals surface area contributed by atoms with Crippen LogP contribution < -0.4 is 5.32 Å². The molecule has 14 heavy (non-hydrogen) atoms. The number of hydrogen-bond donors (Lipinski definition) is 1. The van der Waals surface area contributed by atoms with E-state index in [4.69, 9.17) is 0 Å². The normalized spacial score (nSPS) is 11.9. The second kappa shape index (κ2) is 5.27. The van der Waals surface area contributed by atoms with E-state index in [9.17, 15) is 4.79 Å². The summed E-state index contributed by atoms with van der Waals surface area (Å²) in [5.74, 6) is -0.311. The SMILES string of the molecule is COC(=O)C(C)CNc1ccccc1. The Labute approximate surface area is 84.1 Å². The smallest absolute Gasteiger partial charge is 0.310 e. The zero-order chi connectivity index (χ0) is 10.4. The monoisotopic (exact) mass is 193 g/mol. The minimum absolute atomic E-state index is 0.125. The van der Waals surface area contributed by atoms with Crippen molar-refractivity contribution in [2.24, 2.45) is 5.92 Å². The van der Waals surface area contributed by atoms with E-state index in [1.807, 2.05) is 37.3 Å². The molecule has 1 rings (SSSR count). The van der Waals surface area contributed by atoms with Crippen LogP contribution in [0.3, 0.4) is 0 Å². The maximum atomic E-state index is 11.1. The molecule has 0 aliphatic carbocycles. The molecule has 1 aromatic rings. The molecule has 0 aromatic heterocycles. The van der Waals surface area contributed by atoms with Crippen LogP contribution in [-0.2, 0) is 9.53 Å². The van der Waals surface area contributed by atoms with Crippen molar-refractivity contribution in [1.82, 2.24) is 0 Å². The van der Waals surface area contributed by atoms with E-state index in [1.54, 1.807) is 0 Å². The predicted molar refractivity (Wildman–Crippen MR) is 56.1 cm³/mol. The van der Waals surface area contributed by atoms with Crippen molar-refractivity contribution in [3.63, 3.8) is 0 Å². The molecule has 0 amide bonds. The largest absolute Gasteiger partial charge is 0.469 e. The molecule has 1 atom stereocenters. The first-order valence-electron chi connectivity index (χ1n) is 4.61. The Balaban J connectivity index is 2.38. The summed E-state index contributed by atoms with van der Waals surface area (Å²) in [5.41, 5.74) is 1.02. The molecule has 76 valence electrons. The van der Waals surface area contributed by atoms with Gasteiger partial charge in [-0.1, -0.05) is 25.1 Å². The number of anilines is 1. The van der Waals surface area contributed by atoms with E-state index < -0.39 is 0 Å². The van der Waals surface area contributed by atoms with Crippen molar-refractivity contribution in [2.75, 3.05) is 19.0 Å². The number of esters is 1. The van der Waals surface area contributed by atoms with Gasteiger partial charge in [-0.3, -0.25) is 4.79 Å². The van der Waals surface area contributed by atoms with E-state index in [0.29, 0.717) is 6.54 Å². The van der Waals surface area contributed by atoms with Gasteiger partial charge in [0.25, 0.3) is 0 Å². The summed E-state index contributed by atoms with van der Waals surface area (Å²) in [6.45, 7) is 2.43. The van der Waals surface area contributed by atoms with Crippen LogP contribution in [0.25, 0.3) is 0 Å². The van der Waals surface area contributed by atoms with Gasteiger partial charge in [-0.25, -0.2) is 0 Å². The van der Waals surface area contributed by atoms with Gasteiger partial charge in [0.2, 0.25) is 0 Å². The van der Waals surface area contributed by atoms with E-state index >= 15 is 0 Å². The Morgan fingerprint density at radius 2 is 2.07 bits per heavy atom. The topological polar surface area (TPSA) is 38.3 Å². The third-order valence-electron chi connectivity index (χ3n) is 1.99. The molecular weight excluding hydrogens is 178 g/mol. The fourth-order valence-corrected chi connectivity index (χ4v) is 1.11. The lowest BCUT2D eigenvalue weighted by Gasteiger charge is -2.11. The molecule has 0 bridgehead atoms. The highest BCUT2D eigenvalue weighted by atomic mass is 16.5. The number of carbonyl (C=O) groups is 1. The zero-order valence-electron chi connectivity index (χ0n) is 8.49. The highest BCUT2D eigenvalue weighted by molar-refractivity contribution is 5.72. The second-order valence-corrected chi connectivity index (χ2v) is 3.17. The number of methoxy groups -OCH3 is 1. The van der Waals surface area contributed by atoms with E-state index in [-0.39, 0.29) is 11.9 Å². The summed E-state index contributed by atoms with van der Waals surface area (Å²) in [6, 6.07) is 9.78. The minimum Gasteiger partial charge on any atom is -0.469 e. The van der Waals surface area contributed by atoms with Gasteiger partial charge < -0.3 is 10.1 Å². The third kappa shape index (κ3) is 3.09. The van der Waals surface area contributed by atoms with Crippen molar-refractivity contribution < 1.29 is 9.53 Å². The number of nitrogens with one attached hydrogen (secondary N) is 1. The van der Waals surface area contributed by atoms with E-state index in [1.165, 1.54) is 7.11 Å². The van der Waals surface area contributed by atoms with Gasteiger partial charge in [0, 0.05) is 12.2 Å². The highest BCUT2D eigenvalue weighted by Gasteiger charge is 2.11. The number of ether oxygens (including phenoxy) is 1. The third-order valence-corrected chi connectivity index (χ3v) is 1.99. The van der Waals surface area contributed by atoms with Gasteiger partial charge in [-0.15, -0.1) is 0 Å². The molecule has 0 saturated heterocycles. The van der Waals surface area contributed by atoms with Gasteiger partial charge in [-0.05, 0) is 12.1 Å². The van der Waals surface area contributed by atoms with Crippen LogP contribution in [-0.4, -0.2) is 19.6 Å². The van der Waals surface area contributed by atoms with Gasteiger partial charge in [-0.2, -0.15) is 0 Å². The van der Waals surface area contributed by atoms with Crippen molar-refractivity contribution in [3.8, 4) is 0 Å². The molecule has 1 unspecified atom stereocenters. The molecule has 0 spiro atoms. The molecular formula is C11H15NO2. The Morgan fingerprint density at radius 3 is 2.64 bits per heavy atom. The summed E-state index contributed by atoms with van der Waals surface area (Å²) < 4.78 is 4.62. The van der Waals surface area contributed by atoms with E-state index in [0.717, 1.165) is 5.69 Å². The van der Waals surface area contributed by atoms with Gasteiger partial charge >= 0.3 is 5.97 Å². The molecule has 3 heteroatoms. The molecule has 0 radical (unpaired) electrons. The van der Waals surface area contributed by atoms with Crippen LogP contribution in [0.4, 0.5) is 5.69 Å².